The van der Waals surface area contributed by atoms with Crippen LogP contribution in [0.4, 0.5) is 0 Å². The van der Waals surface area contributed by atoms with Crippen molar-refractivity contribution < 1.29 is 4.79 Å². The fourth-order valence-corrected chi connectivity index (χ4v) is 1.50. The molecule has 1 nitrogen and oxygen atoms in total. The number of aldehydes is 1. The molecule has 1 rings (SSSR count). The summed E-state index contributed by atoms with van der Waals surface area (Å²) in [5, 5.41) is 0. The van der Waals surface area contributed by atoms with Crippen LogP contribution in [0.2, 0.25) is 0 Å². The molecular weight excluding hydrogens is 112 g/mol. The molecule has 0 aromatic heterocycles. The lowest BCUT2D eigenvalue weighted by Crippen LogP contribution is -2.26. The largest absolute Gasteiger partial charge is 0.303 e. The lowest BCUT2D eigenvalue weighted by Gasteiger charge is -2.32. The first-order chi connectivity index (χ1) is 4.38. The van der Waals surface area contributed by atoms with Crippen molar-refractivity contribution in [1.29, 1.82) is 0 Å². The average Bonchev–Trinajstić information content (AvgIpc) is 1.82. The van der Waals surface area contributed by atoms with Crippen molar-refractivity contribution in [2.24, 2.45) is 11.8 Å². The molecule has 0 N–H and O–H groups in total. The Hall–Kier alpha value is -0.330. The van der Waals surface area contributed by atoms with Crippen molar-refractivity contribution in [1.82, 2.24) is 0 Å². The minimum absolute atomic E-state index is 0.421. The number of carbonyl (C=O) groups excluding carboxylic acids is 1. The van der Waals surface area contributed by atoms with Crippen LogP contribution in [-0.4, -0.2) is 6.29 Å². The van der Waals surface area contributed by atoms with Gasteiger partial charge in [-0.15, -0.1) is 0 Å². The van der Waals surface area contributed by atoms with Gasteiger partial charge < -0.3 is 4.79 Å². The van der Waals surface area contributed by atoms with Crippen LogP contribution in [0, 0.1) is 11.8 Å². The maximum Gasteiger partial charge on any atom is 0.123 e. The second kappa shape index (κ2) is 3.00. The van der Waals surface area contributed by atoms with Gasteiger partial charge in [0.15, 0.2) is 0 Å². The zero-order chi connectivity index (χ0) is 6.69. The first-order valence-electron chi connectivity index (χ1n) is 3.83. The van der Waals surface area contributed by atoms with Gasteiger partial charge in [-0.05, 0) is 18.8 Å². The zero-order valence-corrected chi connectivity index (χ0v) is 5.97. The Morgan fingerprint density at radius 3 is 2.67 bits per heavy atom. The standard InChI is InChI=1S/C8H14O/c1-2-3-7-4-5-8(7)6-9/h6-8H,2-5H2,1H3. The van der Waals surface area contributed by atoms with Crippen LogP contribution in [0.3, 0.4) is 0 Å². The molecule has 1 heteroatoms. The molecule has 0 aromatic carbocycles. The predicted molar refractivity (Wildman–Crippen MR) is 37.2 cm³/mol. The van der Waals surface area contributed by atoms with Gasteiger partial charge in [0.05, 0.1) is 0 Å². The Labute approximate surface area is 56.4 Å². The molecule has 1 fully saturated rings. The topological polar surface area (TPSA) is 17.1 Å². The molecular formula is C8H14O. The molecule has 9 heavy (non-hydrogen) atoms. The number of hydrogen-bond acceptors (Lipinski definition) is 1. The molecule has 0 amide bonds. The molecule has 0 spiro atoms. The van der Waals surface area contributed by atoms with Gasteiger partial charge in [-0.2, -0.15) is 0 Å². The summed E-state index contributed by atoms with van der Waals surface area (Å²) in [6.45, 7) is 2.18. The highest BCUT2D eigenvalue weighted by Crippen LogP contribution is 2.35. The molecule has 0 saturated heterocycles. The smallest absolute Gasteiger partial charge is 0.123 e. The molecule has 52 valence electrons. The Morgan fingerprint density at radius 1 is 1.56 bits per heavy atom. The molecule has 2 atom stereocenters. The molecule has 1 aliphatic rings. The van der Waals surface area contributed by atoms with E-state index in [4.69, 9.17) is 0 Å². The van der Waals surface area contributed by atoms with Crippen molar-refractivity contribution in [2.75, 3.05) is 0 Å². The van der Waals surface area contributed by atoms with E-state index < -0.39 is 0 Å². The minimum atomic E-state index is 0.421. The Kier molecular flexibility index (Phi) is 2.26. The highest BCUT2D eigenvalue weighted by Gasteiger charge is 2.28. The van der Waals surface area contributed by atoms with Crippen molar-refractivity contribution >= 4 is 6.29 Å². The quantitative estimate of drug-likeness (QED) is 0.529. The molecule has 0 heterocycles. The summed E-state index contributed by atoms with van der Waals surface area (Å²) in [6.07, 6.45) is 6.05. The third-order valence-corrected chi connectivity index (χ3v) is 2.31. The van der Waals surface area contributed by atoms with Crippen LogP contribution in [-0.2, 0) is 4.79 Å². The molecule has 1 aliphatic carbocycles. The summed E-state index contributed by atoms with van der Waals surface area (Å²) < 4.78 is 0. The van der Waals surface area contributed by atoms with Crippen molar-refractivity contribution in [3.63, 3.8) is 0 Å². The molecule has 0 aliphatic heterocycles. The van der Waals surface area contributed by atoms with Crippen molar-refractivity contribution in [3.05, 3.63) is 0 Å². The van der Waals surface area contributed by atoms with E-state index in [1.165, 1.54) is 19.3 Å². The first kappa shape index (κ1) is 6.79. The molecule has 0 aromatic rings. The van der Waals surface area contributed by atoms with Gasteiger partial charge >= 0.3 is 0 Å². The molecule has 1 saturated carbocycles. The Morgan fingerprint density at radius 2 is 2.33 bits per heavy atom. The van der Waals surface area contributed by atoms with Gasteiger partial charge in [0, 0.05) is 5.92 Å². The van der Waals surface area contributed by atoms with E-state index in [0.717, 1.165) is 18.6 Å². The molecule has 0 radical (unpaired) electrons. The van der Waals surface area contributed by atoms with E-state index in [0.29, 0.717) is 5.92 Å². The SMILES string of the molecule is CCCC1CCC1C=O. The maximum atomic E-state index is 10.3. The summed E-state index contributed by atoms with van der Waals surface area (Å²) in [5.41, 5.74) is 0. The van der Waals surface area contributed by atoms with Crippen LogP contribution in [0.1, 0.15) is 32.6 Å². The number of carbonyl (C=O) groups is 1. The van der Waals surface area contributed by atoms with E-state index in [2.05, 4.69) is 6.92 Å². The number of hydrogen-bond donors (Lipinski definition) is 0. The first-order valence-corrected chi connectivity index (χ1v) is 3.83. The second-order valence-corrected chi connectivity index (χ2v) is 2.93. The van der Waals surface area contributed by atoms with Gasteiger partial charge in [0.1, 0.15) is 6.29 Å². The molecule has 2 unspecified atom stereocenters. The van der Waals surface area contributed by atoms with Gasteiger partial charge in [-0.3, -0.25) is 0 Å². The summed E-state index contributed by atoms with van der Waals surface area (Å²) >= 11 is 0. The Balaban J connectivity index is 2.18. The monoisotopic (exact) mass is 126 g/mol. The van der Waals surface area contributed by atoms with Gasteiger partial charge in [0.25, 0.3) is 0 Å². The van der Waals surface area contributed by atoms with E-state index in [9.17, 15) is 4.79 Å². The van der Waals surface area contributed by atoms with Crippen LogP contribution >= 0.6 is 0 Å². The van der Waals surface area contributed by atoms with Crippen LogP contribution < -0.4 is 0 Å². The van der Waals surface area contributed by atoms with E-state index in [1.54, 1.807) is 0 Å². The summed E-state index contributed by atoms with van der Waals surface area (Å²) in [6, 6.07) is 0. The van der Waals surface area contributed by atoms with Crippen molar-refractivity contribution in [2.45, 2.75) is 32.6 Å². The minimum Gasteiger partial charge on any atom is -0.303 e. The second-order valence-electron chi connectivity index (χ2n) is 2.93. The summed E-state index contributed by atoms with van der Waals surface area (Å²) in [7, 11) is 0. The van der Waals surface area contributed by atoms with Crippen molar-refractivity contribution in [3.8, 4) is 0 Å². The third kappa shape index (κ3) is 1.32. The van der Waals surface area contributed by atoms with Gasteiger partial charge in [-0.25, -0.2) is 0 Å². The molecule has 0 bridgehead atoms. The fourth-order valence-electron chi connectivity index (χ4n) is 1.50. The lowest BCUT2D eigenvalue weighted by molar-refractivity contribution is -0.115. The van der Waals surface area contributed by atoms with Crippen LogP contribution in [0.5, 0.6) is 0 Å². The predicted octanol–water partition coefficient (Wildman–Crippen LogP) is 2.01. The summed E-state index contributed by atoms with van der Waals surface area (Å²) in [4.78, 5) is 10.3. The summed E-state index contributed by atoms with van der Waals surface area (Å²) in [5.74, 6) is 1.16. The lowest BCUT2D eigenvalue weighted by atomic mass is 9.72. The average molecular weight is 126 g/mol. The number of rotatable bonds is 3. The maximum absolute atomic E-state index is 10.3. The van der Waals surface area contributed by atoms with Gasteiger partial charge in [-0.1, -0.05) is 19.8 Å². The van der Waals surface area contributed by atoms with Crippen LogP contribution in [0.25, 0.3) is 0 Å². The Bertz CT molecular complexity index is 98.7. The van der Waals surface area contributed by atoms with E-state index in [-0.39, 0.29) is 0 Å². The normalized spacial score (nSPS) is 33.4. The highest BCUT2D eigenvalue weighted by atomic mass is 16.1. The zero-order valence-electron chi connectivity index (χ0n) is 5.97. The fraction of sp³-hybridized carbons (Fsp3) is 0.875. The van der Waals surface area contributed by atoms with Gasteiger partial charge in [0.2, 0.25) is 0 Å². The highest BCUT2D eigenvalue weighted by molar-refractivity contribution is 5.55. The van der Waals surface area contributed by atoms with Crippen LogP contribution in [0.15, 0.2) is 0 Å². The van der Waals surface area contributed by atoms with E-state index >= 15 is 0 Å². The van der Waals surface area contributed by atoms with E-state index in [1.807, 2.05) is 0 Å². The third-order valence-electron chi connectivity index (χ3n) is 2.31.